The van der Waals surface area contributed by atoms with Crippen molar-refractivity contribution in [2.75, 3.05) is 0 Å². The van der Waals surface area contributed by atoms with Crippen molar-refractivity contribution in [2.24, 2.45) is 4.99 Å². The minimum atomic E-state index is 0.251. The number of aromatic hydroxyl groups is 1. The minimum Gasteiger partial charge on any atom is -0.507 e. The van der Waals surface area contributed by atoms with Crippen LogP contribution in [0.15, 0.2) is 89.4 Å². The molecule has 1 unspecified atom stereocenters. The molecule has 0 aromatic heterocycles. The Balaban J connectivity index is 1.48. The summed E-state index contributed by atoms with van der Waals surface area (Å²) in [7, 11) is 0. The van der Waals surface area contributed by atoms with E-state index in [2.05, 4.69) is 54.6 Å². The van der Waals surface area contributed by atoms with Crippen LogP contribution >= 0.6 is 0 Å². The predicted molar refractivity (Wildman–Crippen MR) is 138 cm³/mol. The Bertz CT molecular complexity index is 1140. The van der Waals surface area contributed by atoms with Gasteiger partial charge in [-0.1, -0.05) is 97.3 Å². The molecule has 1 atom stereocenters. The third-order valence-corrected chi connectivity index (χ3v) is 7.08. The fourth-order valence-electron chi connectivity index (χ4n) is 5.28. The van der Waals surface area contributed by atoms with Crippen molar-refractivity contribution in [2.45, 2.75) is 63.8 Å². The maximum atomic E-state index is 11.4. The van der Waals surface area contributed by atoms with E-state index < -0.39 is 0 Å². The largest absolute Gasteiger partial charge is 0.507 e. The van der Waals surface area contributed by atoms with E-state index in [-0.39, 0.29) is 6.04 Å². The number of rotatable bonds is 5. The predicted octanol–water partition coefficient (Wildman–Crippen LogP) is 7.88. The van der Waals surface area contributed by atoms with Gasteiger partial charge in [0.05, 0.1) is 11.8 Å². The molecule has 0 saturated carbocycles. The van der Waals surface area contributed by atoms with Crippen LogP contribution in [0.1, 0.15) is 68.1 Å². The number of phenolic OH excluding ortho intramolecular Hbond substituents is 1. The second-order valence-corrected chi connectivity index (χ2v) is 9.42. The van der Waals surface area contributed by atoms with Crippen LogP contribution in [-0.4, -0.2) is 16.9 Å². The lowest BCUT2D eigenvalue weighted by Crippen LogP contribution is -2.22. The molecule has 5 rings (SSSR count). The molecule has 1 aliphatic carbocycles. The average Bonchev–Trinajstić information content (AvgIpc) is 2.84. The second-order valence-electron chi connectivity index (χ2n) is 9.42. The highest BCUT2D eigenvalue weighted by Gasteiger charge is 2.26. The number of allylic oxidation sites excluding steroid dienone is 2. The van der Waals surface area contributed by atoms with Crippen LogP contribution in [0.5, 0.6) is 5.75 Å². The molecule has 0 amide bonds. The summed E-state index contributed by atoms with van der Waals surface area (Å²) < 4.78 is 0. The lowest BCUT2D eigenvalue weighted by atomic mass is 9.85. The molecule has 0 fully saturated rings. The Labute approximate surface area is 197 Å². The minimum absolute atomic E-state index is 0.251. The zero-order chi connectivity index (χ0) is 22.5. The Morgan fingerprint density at radius 3 is 2.30 bits per heavy atom. The molecule has 2 nitrogen and oxygen atoms in total. The van der Waals surface area contributed by atoms with Gasteiger partial charge in [-0.15, -0.1) is 0 Å². The molecule has 1 N–H and O–H groups in total. The maximum absolute atomic E-state index is 11.4. The van der Waals surface area contributed by atoms with Gasteiger partial charge < -0.3 is 5.11 Å². The molecule has 3 aromatic rings. The topological polar surface area (TPSA) is 32.6 Å². The molecular formula is C31H33NO. The van der Waals surface area contributed by atoms with Crippen molar-refractivity contribution in [1.82, 2.24) is 0 Å². The summed E-state index contributed by atoms with van der Waals surface area (Å²) in [6.07, 6.45) is 13.5. The van der Waals surface area contributed by atoms with Crippen LogP contribution in [0, 0.1) is 0 Å². The van der Waals surface area contributed by atoms with Crippen LogP contribution in [0.4, 0.5) is 0 Å². The molecule has 0 spiro atoms. The normalized spacial score (nSPS) is 20.1. The standard InChI is InChI=1S/C31H33NO/c33-31-28(24-14-8-4-9-15-24)21-19-26-22-27(20-18-23-12-6-2-1-3-7-13-23)32-30(29(26)31)25-16-10-5-11-17-25/h4-5,8-12,14-17,19,21,27,33H,1-3,6-7,13,18,20,22H2/b23-12-. The van der Waals surface area contributed by atoms with Crippen molar-refractivity contribution in [3.63, 3.8) is 0 Å². The van der Waals surface area contributed by atoms with Crippen LogP contribution < -0.4 is 0 Å². The summed E-state index contributed by atoms with van der Waals surface area (Å²) in [4.78, 5) is 5.24. The third-order valence-electron chi connectivity index (χ3n) is 7.08. The SMILES string of the molecule is Oc1c(-c2ccccc2)ccc2c1C(c1ccccc1)=NC(CC/C1=C\CCCCCC1)C2. The van der Waals surface area contributed by atoms with Crippen molar-refractivity contribution >= 4 is 5.71 Å². The maximum Gasteiger partial charge on any atom is 0.133 e. The zero-order valence-electron chi connectivity index (χ0n) is 19.3. The summed E-state index contributed by atoms with van der Waals surface area (Å²) >= 11 is 0. The van der Waals surface area contributed by atoms with E-state index in [0.717, 1.165) is 47.2 Å². The van der Waals surface area contributed by atoms with Gasteiger partial charge in [-0.3, -0.25) is 4.99 Å². The van der Waals surface area contributed by atoms with E-state index in [1.54, 1.807) is 5.57 Å². The smallest absolute Gasteiger partial charge is 0.133 e. The van der Waals surface area contributed by atoms with Crippen LogP contribution in [0.3, 0.4) is 0 Å². The first-order valence-electron chi connectivity index (χ1n) is 12.5. The van der Waals surface area contributed by atoms with E-state index >= 15 is 0 Å². The number of aliphatic imine (C=N–C) groups is 1. The van der Waals surface area contributed by atoms with Gasteiger partial charge in [0, 0.05) is 16.7 Å². The number of benzene rings is 3. The van der Waals surface area contributed by atoms with E-state index in [1.165, 1.54) is 44.1 Å². The number of hydrogen-bond acceptors (Lipinski definition) is 2. The van der Waals surface area contributed by atoms with Crippen LogP contribution in [0.2, 0.25) is 0 Å². The fraction of sp³-hybridized carbons (Fsp3) is 0.323. The number of fused-ring (bicyclic) bond motifs is 1. The molecule has 0 bridgehead atoms. The van der Waals surface area contributed by atoms with Gasteiger partial charge in [-0.2, -0.15) is 0 Å². The Morgan fingerprint density at radius 2 is 1.52 bits per heavy atom. The van der Waals surface area contributed by atoms with E-state index in [1.807, 2.05) is 24.3 Å². The van der Waals surface area contributed by atoms with Gasteiger partial charge in [0.15, 0.2) is 0 Å². The van der Waals surface area contributed by atoms with E-state index in [9.17, 15) is 5.11 Å². The van der Waals surface area contributed by atoms with Gasteiger partial charge in [0.1, 0.15) is 5.75 Å². The summed E-state index contributed by atoms with van der Waals surface area (Å²) in [5, 5.41) is 11.4. The molecular weight excluding hydrogens is 402 g/mol. The van der Waals surface area contributed by atoms with Crippen LogP contribution in [0.25, 0.3) is 11.1 Å². The average molecular weight is 436 g/mol. The summed E-state index contributed by atoms with van der Waals surface area (Å²) in [6, 6.07) is 25.0. The fourth-order valence-corrected chi connectivity index (χ4v) is 5.28. The Morgan fingerprint density at radius 1 is 0.788 bits per heavy atom. The molecule has 33 heavy (non-hydrogen) atoms. The van der Waals surface area contributed by atoms with Crippen molar-refractivity contribution in [3.05, 3.63) is 101 Å². The zero-order valence-corrected chi connectivity index (χ0v) is 19.3. The lowest BCUT2D eigenvalue weighted by molar-refractivity contribution is 0.473. The monoisotopic (exact) mass is 435 g/mol. The van der Waals surface area contributed by atoms with Gasteiger partial charge in [0.2, 0.25) is 0 Å². The molecule has 0 radical (unpaired) electrons. The van der Waals surface area contributed by atoms with E-state index in [0.29, 0.717) is 5.75 Å². The summed E-state index contributed by atoms with van der Waals surface area (Å²) in [6.45, 7) is 0. The Kier molecular flexibility index (Phi) is 6.71. The van der Waals surface area contributed by atoms with E-state index in [4.69, 9.17) is 4.99 Å². The number of phenols is 1. The van der Waals surface area contributed by atoms with Crippen molar-refractivity contribution in [3.8, 4) is 16.9 Å². The highest BCUT2D eigenvalue weighted by molar-refractivity contribution is 6.16. The Hall–Kier alpha value is -3.13. The first kappa shape index (κ1) is 21.7. The number of hydrogen-bond donors (Lipinski definition) is 1. The lowest BCUT2D eigenvalue weighted by Gasteiger charge is -2.26. The molecule has 0 saturated heterocycles. The molecule has 2 aliphatic rings. The molecule has 1 heterocycles. The molecule has 1 aliphatic heterocycles. The number of nitrogens with zero attached hydrogens (tertiary/aromatic N) is 1. The quantitative estimate of drug-likeness (QED) is 0.406. The van der Waals surface area contributed by atoms with Gasteiger partial charge in [-0.05, 0) is 56.1 Å². The van der Waals surface area contributed by atoms with Crippen LogP contribution in [-0.2, 0) is 6.42 Å². The van der Waals surface area contributed by atoms with Crippen molar-refractivity contribution < 1.29 is 5.11 Å². The molecule has 168 valence electrons. The van der Waals surface area contributed by atoms with Gasteiger partial charge in [-0.25, -0.2) is 0 Å². The van der Waals surface area contributed by atoms with Crippen molar-refractivity contribution in [1.29, 1.82) is 0 Å². The highest BCUT2D eigenvalue weighted by atomic mass is 16.3. The highest BCUT2D eigenvalue weighted by Crippen LogP contribution is 2.39. The first-order valence-corrected chi connectivity index (χ1v) is 12.5. The summed E-state index contributed by atoms with van der Waals surface area (Å²) in [5.74, 6) is 0.350. The third kappa shape index (κ3) is 4.95. The molecule has 3 aromatic carbocycles. The summed E-state index contributed by atoms with van der Waals surface area (Å²) in [5.41, 5.74) is 7.65. The van der Waals surface area contributed by atoms with Gasteiger partial charge in [0.25, 0.3) is 0 Å². The van der Waals surface area contributed by atoms with Gasteiger partial charge >= 0.3 is 0 Å². The second kappa shape index (κ2) is 10.2. The first-order chi connectivity index (χ1) is 16.3. The molecule has 2 heteroatoms.